The van der Waals surface area contributed by atoms with Crippen LogP contribution in [0.2, 0.25) is 0 Å². The van der Waals surface area contributed by atoms with E-state index in [9.17, 15) is 21.6 Å². The van der Waals surface area contributed by atoms with Crippen molar-refractivity contribution in [2.75, 3.05) is 11.5 Å². The van der Waals surface area contributed by atoms with Crippen molar-refractivity contribution in [2.24, 2.45) is 0 Å². The molecule has 2 unspecified atom stereocenters. The zero-order valence-electron chi connectivity index (χ0n) is 10.9. The van der Waals surface area contributed by atoms with Gasteiger partial charge in [0.05, 0.1) is 17.1 Å². The van der Waals surface area contributed by atoms with Gasteiger partial charge < -0.3 is 5.32 Å². The Labute approximate surface area is 116 Å². The van der Waals surface area contributed by atoms with Gasteiger partial charge in [0.15, 0.2) is 9.84 Å². The molecule has 1 aliphatic rings. The molecule has 1 aromatic carbocycles. The summed E-state index contributed by atoms with van der Waals surface area (Å²) in [5.41, 5.74) is -0.188. The first-order valence-corrected chi connectivity index (χ1v) is 8.13. The van der Waals surface area contributed by atoms with E-state index in [1.807, 2.05) is 0 Å². The quantitative estimate of drug-likeness (QED) is 0.933. The van der Waals surface area contributed by atoms with Crippen LogP contribution in [0, 0.1) is 0 Å². The molecule has 0 spiro atoms. The standard InChI is InChI=1S/C13H16F3NO2S/c1-9(17-12-5-6-20(18,19)8-12)10-3-2-4-11(7-10)13(14,15)16/h2-4,7,9,12,17H,5-6,8H2,1H3. The van der Waals surface area contributed by atoms with Crippen LogP contribution in [0.25, 0.3) is 0 Å². The van der Waals surface area contributed by atoms with Crippen LogP contribution < -0.4 is 5.32 Å². The summed E-state index contributed by atoms with van der Waals surface area (Å²) in [5.74, 6) is 0.191. The maximum absolute atomic E-state index is 12.6. The Hall–Kier alpha value is -1.08. The van der Waals surface area contributed by atoms with Crippen molar-refractivity contribution >= 4 is 9.84 Å². The lowest BCUT2D eigenvalue weighted by atomic mass is 10.0. The molecule has 1 fully saturated rings. The van der Waals surface area contributed by atoms with Crippen LogP contribution in [0.4, 0.5) is 13.2 Å². The van der Waals surface area contributed by atoms with Crippen molar-refractivity contribution in [3.8, 4) is 0 Å². The van der Waals surface area contributed by atoms with Crippen LogP contribution in [0.1, 0.15) is 30.5 Å². The third-order valence-electron chi connectivity index (χ3n) is 3.43. The van der Waals surface area contributed by atoms with E-state index < -0.39 is 21.6 Å². The van der Waals surface area contributed by atoms with Crippen LogP contribution in [-0.4, -0.2) is 26.0 Å². The van der Waals surface area contributed by atoms with Gasteiger partial charge in [-0.1, -0.05) is 12.1 Å². The average Bonchev–Trinajstić information content (AvgIpc) is 2.68. The predicted octanol–water partition coefficient (Wildman–Crippen LogP) is 2.54. The molecule has 112 valence electrons. The van der Waals surface area contributed by atoms with E-state index in [1.165, 1.54) is 6.07 Å². The lowest BCUT2D eigenvalue weighted by Gasteiger charge is -2.19. The van der Waals surface area contributed by atoms with Crippen LogP contribution in [0.3, 0.4) is 0 Å². The van der Waals surface area contributed by atoms with E-state index >= 15 is 0 Å². The van der Waals surface area contributed by atoms with Gasteiger partial charge in [-0.3, -0.25) is 0 Å². The summed E-state index contributed by atoms with van der Waals surface area (Å²) in [7, 11) is -3.00. The lowest BCUT2D eigenvalue weighted by Crippen LogP contribution is -2.32. The Bertz CT molecular complexity index is 584. The first-order valence-electron chi connectivity index (χ1n) is 6.31. The van der Waals surface area contributed by atoms with Crippen LogP contribution in [0.5, 0.6) is 0 Å². The monoisotopic (exact) mass is 307 g/mol. The Morgan fingerprint density at radius 3 is 2.60 bits per heavy atom. The highest BCUT2D eigenvalue weighted by molar-refractivity contribution is 7.91. The van der Waals surface area contributed by atoms with Gasteiger partial charge in [-0.25, -0.2) is 8.42 Å². The predicted molar refractivity (Wildman–Crippen MR) is 70.1 cm³/mol. The largest absolute Gasteiger partial charge is 0.416 e. The SMILES string of the molecule is CC(NC1CCS(=O)(=O)C1)c1cccc(C(F)(F)F)c1. The minimum Gasteiger partial charge on any atom is -0.306 e. The summed E-state index contributed by atoms with van der Waals surface area (Å²) >= 11 is 0. The van der Waals surface area contributed by atoms with Crippen LogP contribution in [0.15, 0.2) is 24.3 Å². The number of hydrogen-bond donors (Lipinski definition) is 1. The number of sulfone groups is 1. The van der Waals surface area contributed by atoms with E-state index in [4.69, 9.17) is 0 Å². The second-order valence-corrected chi connectivity index (χ2v) is 7.34. The fraction of sp³-hybridized carbons (Fsp3) is 0.538. The van der Waals surface area contributed by atoms with Crippen molar-refractivity contribution in [1.29, 1.82) is 0 Å². The zero-order valence-corrected chi connectivity index (χ0v) is 11.8. The smallest absolute Gasteiger partial charge is 0.306 e. The molecule has 0 amide bonds. The second kappa shape index (κ2) is 5.37. The second-order valence-electron chi connectivity index (χ2n) is 5.11. The first-order chi connectivity index (χ1) is 9.17. The van der Waals surface area contributed by atoms with E-state index in [2.05, 4.69) is 5.32 Å². The van der Waals surface area contributed by atoms with Gasteiger partial charge in [-0.2, -0.15) is 13.2 Å². The summed E-state index contributed by atoms with van der Waals surface area (Å²) in [6.07, 6.45) is -3.86. The van der Waals surface area contributed by atoms with Crippen molar-refractivity contribution in [2.45, 2.75) is 31.6 Å². The Balaban J connectivity index is 2.08. The van der Waals surface area contributed by atoms with Gasteiger partial charge in [0.2, 0.25) is 0 Å². The highest BCUT2D eigenvalue weighted by atomic mass is 32.2. The fourth-order valence-corrected chi connectivity index (χ4v) is 4.05. The van der Waals surface area contributed by atoms with E-state index in [0.29, 0.717) is 12.0 Å². The molecular formula is C13H16F3NO2S. The van der Waals surface area contributed by atoms with Crippen molar-refractivity contribution in [3.63, 3.8) is 0 Å². The number of halogens is 3. The minimum atomic E-state index is -4.37. The normalized spacial score (nSPS) is 23.7. The number of benzene rings is 1. The molecule has 7 heteroatoms. The van der Waals surface area contributed by atoms with Gasteiger partial charge in [-0.05, 0) is 31.0 Å². The molecule has 20 heavy (non-hydrogen) atoms. The van der Waals surface area contributed by atoms with Gasteiger partial charge in [0, 0.05) is 12.1 Å². The summed E-state index contributed by atoms with van der Waals surface area (Å²) < 4.78 is 60.6. The molecule has 0 aliphatic carbocycles. The topological polar surface area (TPSA) is 46.2 Å². The highest BCUT2D eigenvalue weighted by Crippen LogP contribution is 2.31. The number of rotatable bonds is 3. The van der Waals surface area contributed by atoms with Crippen LogP contribution in [-0.2, 0) is 16.0 Å². The van der Waals surface area contributed by atoms with Crippen molar-refractivity contribution in [1.82, 2.24) is 5.32 Å². The maximum Gasteiger partial charge on any atom is 0.416 e. The van der Waals surface area contributed by atoms with Gasteiger partial charge in [-0.15, -0.1) is 0 Å². The molecule has 3 nitrogen and oxygen atoms in total. The van der Waals surface area contributed by atoms with Crippen LogP contribution >= 0.6 is 0 Å². The molecule has 0 bridgehead atoms. The fourth-order valence-electron chi connectivity index (χ4n) is 2.36. The summed E-state index contributed by atoms with van der Waals surface area (Å²) in [6, 6.07) is 4.58. The number of alkyl halides is 3. The molecule has 1 aromatic rings. The maximum atomic E-state index is 12.6. The Kier molecular flexibility index (Phi) is 4.11. The highest BCUT2D eigenvalue weighted by Gasteiger charge is 2.32. The number of hydrogen-bond acceptors (Lipinski definition) is 3. The Morgan fingerprint density at radius 2 is 2.05 bits per heavy atom. The molecule has 1 heterocycles. The molecule has 1 saturated heterocycles. The summed E-state index contributed by atoms with van der Waals surface area (Å²) in [4.78, 5) is 0. The first kappa shape index (κ1) is 15.3. The van der Waals surface area contributed by atoms with Crippen molar-refractivity contribution < 1.29 is 21.6 Å². The molecule has 0 saturated carbocycles. The molecule has 1 aliphatic heterocycles. The lowest BCUT2D eigenvalue weighted by molar-refractivity contribution is -0.137. The third-order valence-corrected chi connectivity index (χ3v) is 5.20. The molecular weight excluding hydrogens is 291 g/mol. The Morgan fingerprint density at radius 1 is 1.35 bits per heavy atom. The molecule has 2 rings (SSSR count). The van der Waals surface area contributed by atoms with Crippen molar-refractivity contribution in [3.05, 3.63) is 35.4 Å². The third kappa shape index (κ3) is 3.73. The summed E-state index contributed by atoms with van der Waals surface area (Å²) in [5, 5.41) is 3.08. The van der Waals surface area contributed by atoms with Gasteiger partial charge in [0.25, 0.3) is 0 Å². The zero-order chi connectivity index (χ0) is 15.0. The molecule has 0 aromatic heterocycles. The molecule has 2 atom stereocenters. The summed E-state index contributed by atoms with van der Waals surface area (Å²) in [6.45, 7) is 1.74. The minimum absolute atomic E-state index is 0.0519. The van der Waals surface area contributed by atoms with E-state index in [1.54, 1.807) is 13.0 Å². The van der Waals surface area contributed by atoms with E-state index in [0.717, 1.165) is 12.1 Å². The number of nitrogens with one attached hydrogen (secondary N) is 1. The average molecular weight is 307 g/mol. The van der Waals surface area contributed by atoms with Gasteiger partial charge in [0.1, 0.15) is 0 Å². The molecule has 1 N–H and O–H groups in total. The van der Waals surface area contributed by atoms with E-state index in [-0.39, 0.29) is 23.6 Å². The molecule has 0 radical (unpaired) electrons. The van der Waals surface area contributed by atoms with Gasteiger partial charge >= 0.3 is 6.18 Å².